The third-order valence-electron chi connectivity index (χ3n) is 5.28. The summed E-state index contributed by atoms with van der Waals surface area (Å²) in [4.78, 5) is 15.0. The number of piperidine rings is 3. The second kappa shape index (κ2) is 5.81. The number of fused-ring (bicyclic) bond motifs is 3. The van der Waals surface area contributed by atoms with E-state index in [2.05, 4.69) is 22.3 Å². The molecule has 23 heavy (non-hydrogen) atoms. The minimum Gasteiger partial charge on any atom is -0.355 e. The van der Waals surface area contributed by atoms with Crippen LogP contribution >= 0.6 is 0 Å². The number of nitrogens with zero attached hydrogens (tertiary/aromatic N) is 2. The zero-order valence-electron chi connectivity index (χ0n) is 13.2. The van der Waals surface area contributed by atoms with Gasteiger partial charge in [0, 0.05) is 23.7 Å². The van der Waals surface area contributed by atoms with Crippen LogP contribution in [0.25, 0.3) is 11.3 Å². The van der Waals surface area contributed by atoms with Crippen molar-refractivity contribution in [2.75, 3.05) is 13.1 Å². The summed E-state index contributed by atoms with van der Waals surface area (Å²) >= 11 is 0. The Bertz CT molecular complexity index is 687. The Balaban J connectivity index is 1.49. The van der Waals surface area contributed by atoms with Crippen LogP contribution in [0.2, 0.25) is 0 Å². The van der Waals surface area contributed by atoms with Gasteiger partial charge in [0.25, 0.3) is 5.91 Å². The molecule has 2 atom stereocenters. The lowest BCUT2D eigenvalue weighted by Crippen LogP contribution is -2.62. The van der Waals surface area contributed by atoms with Gasteiger partial charge < -0.3 is 9.84 Å². The number of amides is 1. The van der Waals surface area contributed by atoms with Crippen LogP contribution in [0.5, 0.6) is 0 Å². The predicted octanol–water partition coefficient (Wildman–Crippen LogP) is 2.55. The molecule has 1 amide bonds. The summed E-state index contributed by atoms with van der Waals surface area (Å²) in [6.07, 6.45) is 2.34. The fourth-order valence-electron chi connectivity index (χ4n) is 3.89. The fourth-order valence-corrected chi connectivity index (χ4v) is 3.89. The fraction of sp³-hybridized carbons (Fsp3) is 0.444. The molecule has 0 aliphatic carbocycles. The Hall–Kier alpha value is -2.14. The van der Waals surface area contributed by atoms with E-state index in [0.29, 0.717) is 23.4 Å². The second-order valence-corrected chi connectivity index (χ2v) is 6.56. The number of benzene rings is 1. The summed E-state index contributed by atoms with van der Waals surface area (Å²) in [6.45, 7) is 4.51. The van der Waals surface area contributed by atoms with Crippen molar-refractivity contribution in [2.45, 2.75) is 31.8 Å². The van der Waals surface area contributed by atoms with E-state index in [4.69, 9.17) is 4.52 Å². The van der Waals surface area contributed by atoms with Crippen molar-refractivity contribution in [1.82, 2.24) is 15.4 Å². The van der Waals surface area contributed by atoms with Crippen molar-refractivity contribution < 1.29 is 9.32 Å². The lowest BCUT2D eigenvalue weighted by atomic mass is 9.79. The smallest absolute Gasteiger partial charge is 0.273 e. The number of aromatic nitrogens is 1. The second-order valence-electron chi connectivity index (χ2n) is 6.56. The molecule has 120 valence electrons. The summed E-state index contributed by atoms with van der Waals surface area (Å²) in [6, 6.07) is 12.0. The van der Waals surface area contributed by atoms with E-state index >= 15 is 0 Å². The third-order valence-corrected chi connectivity index (χ3v) is 5.28. The van der Waals surface area contributed by atoms with Crippen molar-refractivity contribution in [3.8, 4) is 11.3 Å². The number of hydrogen-bond acceptors (Lipinski definition) is 4. The highest BCUT2D eigenvalue weighted by molar-refractivity contribution is 5.93. The van der Waals surface area contributed by atoms with E-state index in [-0.39, 0.29) is 11.9 Å². The number of hydrogen-bond donors (Lipinski definition) is 1. The van der Waals surface area contributed by atoms with Crippen molar-refractivity contribution in [1.29, 1.82) is 0 Å². The maximum atomic E-state index is 12.5. The standard InChI is InChI=1S/C18H21N3O2/c1-12-17(14-7-9-21(12)10-8-14)19-18(22)15-11-16(23-20-15)13-5-3-2-4-6-13/h2-6,11-12,14,17H,7-10H2,1H3,(H,19,22). The van der Waals surface area contributed by atoms with E-state index in [1.165, 1.54) is 12.8 Å². The molecule has 5 heteroatoms. The van der Waals surface area contributed by atoms with Gasteiger partial charge in [-0.25, -0.2) is 0 Å². The highest BCUT2D eigenvalue weighted by atomic mass is 16.5. The molecule has 5 nitrogen and oxygen atoms in total. The third kappa shape index (κ3) is 2.65. The summed E-state index contributed by atoms with van der Waals surface area (Å²) in [7, 11) is 0. The summed E-state index contributed by atoms with van der Waals surface area (Å²) in [5.74, 6) is 1.07. The Morgan fingerprint density at radius 2 is 2.00 bits per heavy atom. The Kier molecular flexibility index (Phi) is 3.65. The van der Waals surface area contributed by atoms with Crippen LogP contribution in [0, 0.1) is 5.92 Å². The summed E-state index contributed by atoms with van der Waals surface area (Å²) < 4.78 is 5.33. The van der Waals surface area contributed by atoms with Crippen LogP contribution in [0.4, 0.5) is 0 Å². The molecular weight excluding hydrogens is 290 g/mol. The first-order valence-corrected chi connectivity index (χ1v) is 8.29. The SMILES string of the molecule is CC1C(NC(=O)c2cc(-c3ccccc3)on2)C2CCN1CC2. The van der Waals surface area contributed by atoms with Crippen molar-refractivity contribution in [3.63, 3.8) is 0 Å². The van der Waals surface area contributed by atoms with Gasteiger partial charge in [0.1, 0.15) is 0 Å². The van der Waals surface area contributed by atoms with Crippen LogP contribution in [-0.4, -0.2) is 41.1 Å². The molecule has 2 unspecified atom stereocenters. The molecule has 5 rings (SSSR count). The van der Waals surface area contributed by atoms with E-state index in [0.717, 1.165) is 18.7 Å². The Labute approximate surface area is 135 Å². The van der Waals surface area contributed by atoms with Gasteiger partial charge in [0.05, 0.1) is 0 Å². The van der Waals surface area contributed by atoms with Gasteiger partial charge in [0.15, 0.2) is 11.5 Å². The highest BCUT2D eigenvalue weighted by Crippen LogP contribution is 2.32. The summed E-state index contributed by atoms with van der Waals surface area (Å²) in [5, 5.41) is 7.12. The maximum absolute atomic E-state index is 12.5. The van der Waals surface area contributed by atoms with Gasteiger partial charge in [-0.15, -0.1) is 0 Å². The van der Waals surface area contributed by atoms with Crippen LogP contribution < -0.4 is 5.32 Å². The van der Waals surface area contributed by atoms with Gasteiger partial charge in [-0.3, -0.25) is 9.69 Å². The number of nitrogens with one attached hydrogen (secondary N) is 1. The van der Waals surface area contributed by atoms with Crippen molar-refractivity contribution >= 4 is 5.91 Å². The first-order valence-electron chi connectivity index (χ1n) is 8.29. The molecule has 3 aliphatic heterocycles. The lowest BCUT2D eigenvalue weighted by molar-refractivity contribution is 0.0215. The van der Waals surface area contributed by atoms with Crippen molar-refractivity contribution in [3.05, 3.63) is 42.1 Å². The molecular formula is C18H21N3O2. The molecule has 0 spiro atoms. The first-order chi connectivity index (χ1) is 11.2. The molecule has 3 saturated heterocycles. The monoisotopic (exact) mass is 311 g/mol. The minimum atomic E-state index is -0.137. The maximum Gasteiger partial charge on any atom is 0.273 e. The molecule has 0 radical (unpaired) electrons. The van der Waals surface area contributed by atoms with E-state index in [1.807, 2.05) is 30.3 Å². The van der Waals surface area contributed by atoms with Crippen LogP contribution in [-0.2, 0) is 0 Å². The largest absolute Gasteiger partial charge is 0.355 e. The van der Waals surface area contributed by atoms with Gasteiger partial charge >= 0.3 is 0 Å². The quantitative estimate of drug-likeness (QED) is 0.946. The highest BCUT2D eigenvalue weighted by Gasteiger charge is 2.40. The van der Waals surface area contributed by atoms with Crippen LogP contribution in [0.3, 0.4) is 0 Å². The first kappa shape index (κ1) is 14.5. The molecule has 1 aromatic heterocycles. The van der Waals surface area contributed by atoms with Gasteiger partial charge in [0.2, 0.25) is 0 Å². The van der Waals surface area contributed by atoms with Crippen LogP contribution in [0.1, 0.15) is 30.3 Å². The zero-order valence-corrected chi connectivity index (χ0v) is 13.2. The normalized spacial score (nSPS) is 29.4. The molecule has 3 aliphatic rings. The average Bonchev–Trinajstić information content (AvgIpc) is 3.09. The lowest BCUT2D eigenvalue weighted by Gasteiger charge is -2.49. The Morgan fingerprint density at radius 3 is 2.70 bits per heavy atom. The molecule has 1 aromatic carbocycles. The topological polar surface area (TPSA) is 58.4 Å². The molecule has 0 saturated carbocycles. The predicted molar refractivity (Wildman–Crippen MR) is 87.0 cm³/mol. The molecule has 2 bridgehead atoms. The Morgan fingerprint density at radius 1 is 1.26 bits per heavy atom. The van der Waals surface area contributed by atoms with E-state index in [1.54, 1.807) is 6.07 Å². The number of carbonyl (C=O) groups excluding carboxylic acids is 1. The van der Waals surface area contributed by atoms with Gasteiger partial charge in [-0.05, 0) is 38.8 Å². The van der Waals surface area contributed by atoms with Gasteiger partial charge in [-0.2, -0.15) is 0 Å². The molecule has 4 heterocycles. The number of rotatable bonds is 3. The van der Waals surface area contributed by atoms with Crippen LogP contribution in [0.15, 0.2) is 40.9 Å². The van der Waals surface area contributed by atoms with Crippen molar-refractivity contribution in [2.24, 2.45) is 5.92 Å². The zero-order chi connectivity index (χ0) is 15.8. The minimum absolute atomic E-state index is 0.137. The number of carbonyl (C=O) groups is 1. The molecule has 3 fully saturated rings. The van der Waals surface area contributed by atoms with E-state index in [9.17, 15) is 4.79 Å². The molecule has 1 N–H and O–H groups in total. The molecule has 2 aromatic rings. The van der Waals surface area contributed by atoms with E-state index < -0.39 is 0 Å². The average molecular weight is 311 g/mol. The summed E-state index contributed by atoms with van der Waals surface area (Å²) in [5.41, 5.74) is 1.28. The van der Waals surface area contributed by atoms with Gasteiger partial charge in [-0.1, -0.05) is 35.5 Å².